The summed E-state index contributed by atoms with van der Waals surface area (Å²) in [6.45, 7) is 3.09. The smallest absolute Gasteiger partial charge is 0.409 e. The van der Waals surface area contributed by atoms with Crippen molar-refractivity contribution in [3.05, 3.63) is 48.3 Å². The van der Waals surface area contributed by atoms with Crippen LogP contribution in [0.2, 0.25) is 0 Å². The summed E-state index contributed by atoms with van der Waals surface area (Å²) in [6.07, 6.45) is 3.89. The second-order valence-corrected chi connectivity index (χ2v) is 6.25. The van der Waals surface area contributed by atoms with E-state index in [0.717, 1.165) is 5.56 Å². The Morgan fingerprint density at radius 1 is 1.14 bits per heavy atom. The summed E-state index contributed by atoms with van der Waals surface area (Å²) in [5.74, 6) is -0.529. The topological polar surface area (TPSA) is 99.7 Å². The van der Waals surface area contributed by atoms with Crippen molar-refractivity contribution < 1.29 is 18.7 Å². The number of hydrogen-bond donors (Lipinski definition) is 2. The van der Waals surface area contributed by atoms with Crippen LogP contribution >= 0.6 is 0 Å². The summed E-state index contributed by atoms with van der Waals surface area (Å²) >= 11 is 0. The SMILES string of the molecule is COC(=O)N1CCN(Cc2ccc(F)c(NC(=O)Nc3cncnc3)c2)CC1. The number of hydrogen-bond acceptors (Lipinski definition) is 6. The van der Waals surface area contributed by atoms with Gasteiger partial charge in [-0.25, -0.2) is 23.9 Å². The fourth-order valence-corrected chi connectivity index (χ4v) is 2.89. The fraction of sp³-hybridized carbons (Fsp3) is 0.333. The number of ether oxygens (including phenoxy) is 1. The summed E-state index contributed by atoms with van der Waals surface area (Å²) in [7, 11) is 1.36. The first-order valence-electron chi connectivity index (χ1n) is 8.72. The van der Waals surface area contributed by atoms with E-state index >= 15 is 0 Å². The molecule has 1 saturated heterocycles. The van der Waals surface area contributed by atoms with E-state index in [4.69, 9.17) is 4.74 Å². The molecule has 1 aromatic carbocycles. The van der Waals surface area contributed by atoms with E-state index in [1.807, 2.05) is 0 Å². The molecule has 3 rings (SSSR count). The molecule has 9 nitrogen and oxygen atoms in total. The molecule has 1 aliphatic heterocycles. The summed E-state index contributed by atoms with van der Waals surface area (Å²) in [4.78, 5) is 35.0. The molecule has 1 aromatic heterocycles. The number of piperazine rings is 1. The molecule has 0 unspecified atom stereocenters. The zero-order valence-corrected chi connectivity index (χ0v) is 15.4. The minimum absolute atomic E-state index is 0.0834. The molecule has 0 saturated carbocycles. The van der Waals surface area contributed by atoms with Gasteiger partial charge in [-0.1, -0.05) is 6.07 Å². The molecule has 2 aromatic rings. The zero-order valence-electron chi connectivity index (χ0n) is 15.4. The largest absolute Gasteiger partial charge is 0.453 e. The Morgan fingerprint density at radius 2 is 1.86 bits per heavy atom. The van der Waals surface area contributed by atoms with Gasteiger partial charge in [0.05, 0.1) is 30.9 Å². The van der Waals surface area contributed by atoms with Crippen molar-refractivity contribution in [3.8, 4) is 0 Å². The van der Waals surface area contributed by atoms with Crippen LogP contribution in [0.3, 0.4) is 0 Å². The van der Waals surface area contributed by atoms with Crippen LogP contribution in [-0.2, 0) is 11.3 Å². The zero-order chi connectivity index (χ0) is 19.9. The van der Waals surface area contributed by atoms with Crippen LogP contribution in [0.25, 0.3) is 0 Å². The molecule has 0 atom stereocenters. The maximum atomic E-state index is 14.1. The standard InChI is InChI=1S/C18H21FN6O3/c1-28-18(27)25-6-4-24(5-7-25)11-13-2-3-15(19)16(8-13)23-17(26)22-14-9-20-12-21-10-14/h2-3,8-10,12H,4-7,11H2,1H3,(H2,22,23,26). The average Bonchev–Trinajstić information content (AvgIpc) is 2.71. The molecule has 1 aliphatic rings. The Bertz CT molecular complexity index is 827. The molecule has 0 spiro atoms. The third kappa shape index (κ3) is 5.13. The third-order valence-corrected chi connectivity index (χ3v) is 4.31. The molecule has 0 aliphatic carbocycles. The van der Waals surface area contributed by atoms with E-state index in [2.05, 4.69) is 25.5 Å². The minimum Gasteiger partial charge on any atom is -0.453 e. The molecule has 1 fully saturated rings. The summed E-state index contributed by atoms with van der Waals surface area (Å²) < 4.78 is 18.8. The average molecular weight is 388 g/mol. The maximum Gasteiger partial charge on any atom is 0.409 e. The number of rotatable bonds is 4. The molecule has 28 heavy (non-hydrogen) atoms. The lowest BCUT2D eigenvalue weighted by molar-refractivity contribution is 0.0889. The fourth-order valence-electron chi connectivity index (χ4n) is 2.89. The quantitative estimate of drug-likeness (QED) is 0.833. The van der Waals surface area contributed by atoms with Gasteiger partial charge in [-0.05, 0) is 17.7 Å². The lowest BCUT2D eigenvalue weighted by Gasteiger charge is -2.33. The van der Waals surface area contributed by atoms with Crippen molar-refractivity contribution in [2.24, 2.45) is 0 Å². The van der Waals surface area contributed by atoms with Crippen LogP contribution < -0.4 is 10.6 Å². The second-order valence-electron chi connectivity index (χ2n) is 6.25. The van der Waals surface area contributed by atoms with Gasteiger partial charge in [0.15, 0.2) is 0 Å². The number of halogens is 1. The van der Waals surface area contributed by atoms with Crippen molar-refractivity contribution in [1.82, 2.24) is 19.8 Å². The molecule has 2 heterocycles. The Labute approximate surface area is 161 Å². The van der Waals surface area contributed by atoms with Gasteiger partial charge in [-0.15, -0.1) is 0 Å². The number of amides is 3. The Kier molecular flexibility index (Phi) is 6.33. The molecule has 2 N–H and O–H groups in total. The predicted octanol–water partition coefficient (Wildman–Crippen LogP) is 2.14. The lowest BCUT2D eigenvalue weighted by atomic mass is 10.1. The van der Waals surface area contributed by atoms with E-state index in [0.29, 0.717) is 38.4 Å². The Balaban J connectivity index is 1.57. The van der Waals surface area contributed by atoms with Crippen molar-refractivity contribution >= 4 is 23.5 Å². The number of carbonyl (C=O) groups is 2. The molecule has 0 radical (unpaired) electrons. The molecule has 10 heteroatoms. The summed E-state index contributed by atoms with van der Waals surface area (Å²) in [5.41, 5.74) is 1.34. The highest BCUT2D eigenvalue weighted by Crippen LogP contribution is 2.19. The van der Waals surface area contributed by atoms with E-state index < -0.39 is 11.8 Å². The first-order valence-corrected chi connectivity index (χ1v) is 8.72. The summed E-state index contributed by atoms with van der Waals surface area (Å²) in [6, 6.07) is 4.01. The minimum atomic E-state index is -0.586. The van der Waals surface area contributed by atoms with E-state index in [1.54, 1.807) is 17.0 Å². The van der Waals surface area contributed by atoms with Crippen LogP contribution in [0.4, 0.5) is 25.4 Å². The highest BCUT2D eigenvalue weighted by atomic mass is 19.1. The molecule has 3 amide bonds. The van der Waals surface area contributed by atoms with E-state index in [-0.39, 0.29) is 11.8 Å². The molecule has 148 valence electrons. The van der Waals surface area contributed by atoms with Gasteiger partial charge in [0.25, 0.3) is 0 Å². The van der Waals surface area contributed by atoms with Crippen LogP contribution in [0, 0.1) is 5.82 Å². The van der Waals surface area contributed by atoms with Crippen LogP contribution in [0.1, 0.15) is 5.56 Å². The third-order valence-electron chi connectivity index (χ3n) is 4.31. The van der Waals surface area contributed by atoms with E-state index in [1.165, 1.54) is 31.9 Å². The number of carbonyl (C=O) groups excluding carboxylic acids is 2. The first kappa shape index (κ1) is 19.5. The summed E-state index contributed by atoms with van der Waals surface area (Å²) in [5, 5.41) is 5.04. The highest BCUT2D eigenvalue weighted by Gasteiger charge is 2.21. The van der Waals surface area contributed by atoms with Crippen molar-refractivity contribution in [2.75, 3.05) is 43.9 Å². The number of benzene rings is 1. The second kappa shape index (κ2) is 9.09. The van der Waals surface area contributed by atoms with Crippen LogP contribution in [-0.4, -0.2) is 65.2 Å². The van der Waals surface area contributed by atoms with Gasteiger partial charge in [0, 0.05) is 32.7 Å². The van der Waals surface area contributed by atoms with Gasteiger partial charge in [0.2, 0.25) is 0 Å². The molecular formula is C18H21FN6O3. The van der Waals surface area contributed by atoms with Crippen molar-refractivity contribution in [1.29, 1.82) is 0 Å². The number of nitrogens with zero attached hydrogens (tertiary/aromatic N) is 4. The Hall–Kier alpha value is -3.27. The van der Waals surface area contributed by atoms with E-state index in [9.17, 15) is 14.0 Å². The maximum absolute atomic E-state index is 14.1. The normalized spacial score (nSPS) is 14.4. The van der Waals surface area contributed by atoms with Gasteiger partial charge >= 0.3 is 12.1 Å². The number of methoxy groups -OCH3 is 1. The lowest BCUT2D eigenvalue weighted by Crippen LogP contribution is -2.48. The van der Waals surface area contributed by atoms with Gasteiger partial charge in [-0.3, -0.25) is 4.90 Å². The number of aromatic nitrogens is 2. The van der Waals surface area contributed by atoms with Crippen LogP contribution in [0.15, 0.2) is 36.9 Å². The molecular weight excluding hydrogens is 367 g/mol. The van der Waals surface area contributed by atoms with Gasteiger partial charge < -0.3 is 20.3 Å². The number of anilines is 2. The van der Waals surface area contributed by atoms with Crippen LogP contribution in [0.5, 0.6) is 0 Å². The first-order chi connectivity index (χ1) is 13.5. The van der Waals surface area contributed by atoms with Crippen molar-refractivity contribution in [2.45, 2.75) is 6.54 Å². The molecule has 0 bridgehead atoms. The monoisotopic (exact) mass is 388 g/mol. The Morgan fingerprint density at radius 3 is 2.54 bits per heavy atom. The van der Waals surface area contributed by atoms with Crippen molar-refractivity contribution in [3.63, 3.8) is 0 Å². The number of nitrogens with one attached hydrogen (secondary N) is 2. The number of urea groups is 1. The van der Waals surface area contributed by atoms with Gasteiger partial charge in [0.1, 0.15) is 12.1 Å². The predicted molar refractivity (Wildman–Crippen MR) is 100 cm³/mol. The highest BCUT2D eigenvalue weighted by molar-refractivity contribution is 5.99. The van der Waals surface area contributed by atoms with Gasteiger partial charge in [-0.2, -0.15) is 0 Å².